The maximum Gasteiger partial charge on any atom is 0.270 e. The lowest BCUT2D eigenvalue weighted by molar-refractivity contribution is -0.118. The number of amides is 1. The maximum atomic E-state index is 13.4. The molecule has 0 fully saturated rings. The van der Waals surface area contributed by atoms with E-state index >= 15 is 0 Å². The minimum absolute atomic E-state index is 0.0644. The van der Waals surface area contributed by atoms with Crippen LogP contribution in [0.5, 0.6) is 5.75 Å². The Labute approximate surface area is 192 Å². The van der Waals surface area contributed by atoms with Gasteiger partial charge in [0.2, 0.25) is 0 Å². The molecule has 1 unspecified atom stereocenters. The predicted molar refractivity (Wildman–Crippen MR) is 121 cm³/mol. The number of nitriles is 1. The molecule has 33 heavy (non-hydrogen) atoms. The summed E-state index contributed by atoms with van der Waals surface area (Å²) in [6, 6.07) is 12.6. The standard InChI is InChI=1S/C25H25N5O3/c1-25(2)12-19-22(20(31)13-25)21(15-4-6-17(33-3)7-5-15)18(14-26)23(27)30(19)29-24(32)16-8-10-28-11-9-16/h4-11,21H,12-13,27H2,1-3H3,(H,29,32). The van der Waals surface area contributed by atoms with Crippen LogP contribution in [0.4, 0.5) is 0 Å². The van der Waals surface area contributed by atoms with Crippen LogP contribution in [0.2, 0.25) is 0 Å². The third kappa shape index (κ3) is 4.05. The molecule has 2 aliphatic rings. The van der Waals surface area contributed by atoms with Gasteiger partial charge in [0.1, 0.15) is 11.6 Å². The van der Waals surface area contributed by atoms with Crippen molar-refractivity contribution in [2.24, 2.45) is 11.1 Å². The van der Waals surface area contributed by atoms with Crippen molar-refractivity contribution in [1.82, 2.24) is 15.4 Å². The zero-order valence-electron chi connectivity index (χ0n) is 18.8. The van der Waals surface area contributed by atoms with E-state index < -0.39 is 11.8 Å². The second kappa shape index (κ2) is 8.43. The van der Waals surface area contributed by atoms with Gasteiger partial charge in [-0.05, 0) is 41.7 Å². The van der Waals surface area contributed by atoms with Gasteiger partial charge in [-0.3, -0.25) is 20.0 Å². The molecule has 1 aromatic heterocycles. The Bertz CT molecular complexity index is 1210. The number of methoxy groups -OCH3 is 1. The zero-order valence-corrected chi connectivity index (χ0v) is 18.8. The highest BCUT2D eigenvalue weighted by Gasteiger charge is 2.44. The number of nitrogens with two attached hydrogens (primary N) is 1. The van der Waals surface area contributed by atoms with E-state index in [1.54, 1.807) is 31.4 Å². The number of carbonyl (C=O) groups is 2. The minimum Gasteiger partial charge on any atom is -0.497 e. The van der Waals surface area contributed by atoms with E-state index in [0.717, 1.165) is 5.56 Å². The fraction of sp³-hybridized carbons (Fsp3) is 0.280. The molecule has 2 aromatic rings. The predicted octanol–water partition coefficient (Wildman–Crippen LogP) is 3.17. The quantitative estimate of drug-likeness (QED) is 0.744. The molecule has 0 saturated heterocycles. The van der Waals surface area contributed by atoms with Crippen LogP contribution in [0.25, 0.3) is 0 Å². The number of hydrogen-bond donors (Lipinski definition) is 2. The minimum atomic E-state index is -0.617. The Morgan fingerprint density at radius 3 is 2.48 bits per heavy atom. The normalized spacial score (nSPS) is 19.6. The largest absolute Gasteiger partial charge is 0.497 e. The van der Waals surface area contributed by atoms with Gasteiger partial charge in [-0.1, -0.05) is 26.0 Å². The van der Waals surface area contributed by atoms with Crippen molar-refractivity contribution < 1.29 is 14.3 Å². The average molecular weight is 444 g/mol. The molecular formula is C25H25N5O3. The molecule has 1 atom stereocenters. The number of ether oxygens (including phenoxy) is 1. The van der Waals surface area contributed by atoms with E-state index in [1.807, 2.05) is 26.0 Å². The van der Waals surface area contributed by atoms with Gasteiger partial charge >= 0.3 is 0 Å². The van der Waals surface area contributed by atoms with Crippen LogP contribution < -0.4 is 15.9 Å². The summed E-state index contributed by atoms with van der Waals surface area (Å²) in [4.78, 5) is 30.3. The van der Waals surface area contributed by atoms with Crippen molar-refractivity contribution >= 4 is 11.7 Å². The molecule has 0 radical (unpaired) electrons. The van der Waals surface area contributed by atoms with E-state index in [2.05, 4.69) is 16.5 Å². The van der Waals surface area contributed by atoms with E-state index in [-0.39, 0.29) is 22.6 Å². The maximum absolute atomic E-state index is 13.4. The number of rotatable bonds is 4. The average Bonchev–Trinajstić information content (AvgIpc) is 2.80. The summed E-state index contributed by atoms with van der Waals surface area (Å²) in [5.41, 5.74) is 11.4. The van der Waals surface area contributed by atoms with Crippen LogP contribution in [-0.4, -0.2) is 28.8 Å². The number of nitrogens with one attached hydrogen (secondary N) is 1. The first-order valence-electron chi connectivity index (χ1n) is 10.6. The van der Waals surface area contributed by atoms with Crippen molar-refractivity contribution in [1.29, 1.82) is 5.26 Å². The number of aromatic nitrogens is 1. The second-order valence-corrected chi connectivity index (χ2v) is 8.93. The Balaban J connectivity index is 1.85. The van der Waals surface area contributed by atoms with Crippen molar-refractivity contribution in [2.75, 3.05) is 7.11 Å². The number of benzene rings is 1. The Hall–Kier alpha value is -4.12. The first-order chi connectivity index (χ1) is 15.8. The van der Waals surface area contributed by atoms with Gasteiger partial charge in [-0.15, -0.1) is 0 Å². The van der Waals surface area contributed by atoms with Crippen molar-refractivity contribution in [3.63, 3.8) is 0 Å². The van der Waals surface area contributed by atoms with Crippen molar-refractivity contribution in [2.45, 2.75) is 32.6 Å². The van der Waals surface area contributed by atoms with Crippen LogP contribution in [0.1, 0.15) is 48.5 Å². The summed E-state index contributed by atoms with van der Waals surface area (Å²) >= 11 is 0. The van der Waals surface area contributed by atoms with Gasteiger partial charge in [0.15, 0.2) is 5.78 Å². The summed E-state index contributed by atoms with van der Waals surface area (Å²) in [6.45, 7) is 4.00. The lowest BCUT2D eigenvalue weighted by Gasteiger charge is -2.43. The third-order valence-electron chi connectivity index (χ3n) is 5.99. The van der Waals surface area contributed by atoms with Gasteiger partial charge in [0, 0.05) is 30.0 Å². The van der Waals surface area contributed by atoms with Crippen LogP contribution in [0, 0.1) is 16.7 Å². The Kier molecular flexibility index (Phi) is 5.64. The summed E-state index contributed by atoms with van der Waals surface area (Å²) in [7, 11) is 1.57. The van der Waals surface area contributed by atoms with E-state index in [0.29, 0.717) is 35.4 Å². The zero-order chi connectivity index (χ0) is 23.8. The second-order valence-electron chi connectivity index (χ2n) is 8.93. The molecule has 3 N–H and O–H groups in total. The number of allylic oxidation sites excluding steroid dienone is 3. The van der Waals surface area contributed by atoms with Crippen molar-refractivity contribution in [3.8, 4) is 11.8 Å². The summed E-state index contributed by atoms with van der Waals surface area (Å²) in [5, 5.41) is 11.5. The highest BCUT2D eigenvalue weighted by molar-refractivity contribution is 6.00. The molecule has 8 nitrogen and oxygen atoms in total. The molecule has 1 aliphatic heterocycles. The topological polar surface area (TPSA) is 121 Å². The molecule has 1 aromatic carbocycles. The highest BCUT2D eigenvalue weighted by atomic mass is 16.5. The first-order valence-corrected chi connectivity index (χ1v) is 10.6. The summed E-state index contributed by atoms with van der Waals surface area (Å²) in [6.07, 6.45) is 3.88. The fourth-order valence-corrected chi connectivity index (χ4v) is 4.44. The Morgan fingerprint density at radius 2 is 1.88 bits per heavy atom. The summed E-state index contributed by atoms with van der Waals surface area (Å²) in [5.74, 6) is -0.325. The number of hydrogen-bond acceptors (Lipinski definition) is 7. The molecule has 0 bridgehead atoms. The number of Topliss-reactive ketones (excluding diaryl/α,β-unsaturated/α-hetero) is 1. The van der Waals surface area contributed by atoms with Gasteiger partial charge < -0.3 is 10.5 Å². The van der Waals surface area contributed by atoms with Gasteiger partial charge in [-0.25, -0.2) is 5.01 Å². The van der Waals surface area contributed by atoms with Crippen LogP contribution in [-0.2, 0) is 4.79 Å². The van der Waals surface area contributed by atoms with Crippen LogP contribution >= 0.6 is 0 Å². The molecule has 168 valence electrons. The molecular weight excluding hydrogens is 418 g/mol. The van der Waals surface area contributed by atoms with Crippen LogP contribution in [0.15, 0.2) is 71.5 Å². The number of hydrazine groups is 1. The molecule has 8 heteroatoms. The molecule has 4 rings (SSSR count). The van der Waals surface area contributed by atoms with Gasteiger partial charge in [0.05, 0.1) is 30.4 Å². The number of carbonyl (C=O) groups excluding carboxylic acids is 2. The molecule has 0 spiro atoms. The first kappa shape index (κ1) is 22.1. The third-order valence-corrected chi connectivity index (χ3v) is 5.99. The lowest BCUT2D eigenvalue weighted by Crippen LogP contribution is -2.49. The van der Waals surface area contributed by atoms with Crippen molar-refractivity contribution in [3.05, 3.63) is 82.6 Å². The number of nitrogens with zero attached hydrogens (tertiary/aromatic N) is 3. The van der Waals surface area contributed by atoms with Gasteiger partial charge in [-0.2, -0.15) is 5.26 Å². The smallest absolute Gasteiger partial charge is 0.270 e. The van der Waals surface area contributed by atoms with Gasteiger partial charge in [0.25, 0.3) is 5.91 Å². The summed E-state index contributed by atoms with van der Waals surface area (Å²) < 4.78 is 5.25. The molecule has 1 aliphatic carbocycles. The van der Waals surface area contributed by atoms with E-state index in [4.69, 9.17) is 10.5 Å². The van der Waals surface area contributed by atoms with Crippen LogP contribution in [0.3, 0.4) is 0 Å². The molecule has 1 amide bonds. The van der Waals surface area contributed by atoms with E-state index in [9.17, 15) is 14.9 Å². The lowest BCUT2D eigenvalue weighted by atomic mass is 9.69. The number of pyridine rings is 1. The number of ketones is 1. The monoisotopic (exact) mass is 443 g/mol. The Morgan fingerprint density at radius 1 is 1.21 bits per heavy atom. The fourth-order valence-electron chi connectivity index (χ4n) is 4.44. The van der Waals surface area contributed by atoms with E-state index in [1.165, 1.54) is 17.4 Å². The highest BCUT2D eigenvalue weighted by Crippen LogP contribution is 2.48. The molecule has 2 heterocycles. The SMILES string of the molecule is COc1ccc(C2C(C#N)=C(N)N(NC(=O)c3ccncc3)C3=C2C(=O)CC(C)(C)C3)cc1. The molecule has 0 saturated carbocycles.